The third-order valence-corrected chi connectivity index (χ3v) is 4.24. The molecule has 0 fully saturated rings. The number of amidine groups is 1. The molecule has 21 heavy (non-hydrogen) atoms. The van der Waals surface area contributed by atoms with Crippen molar-refractivity contribution >= 4 is 21.8 Å². The summed E-state index contributed by atoms with van der Waals surface area (Å²) in [7, 11) is 0. The maximum atomic E-state index is 13.0. The monoisotopic (exact) mass is 298 g/mol. The third-order valence-electron chi connectivity index (χ3n) is 3.34. The first-order valence-electron chi connectivity index (χ1n) is 6.67. The van der Waals surface area contributed by atoms with Crippen molar-refractivity contribution in [2.45, 2.75) is 13.0 Å². The van der Waals surface area contributed by atoms with Crippen LogP contribution in [0.25, 0.3) is 4.91 Å². The number of aryl methyl sites for hydroxylation is 1. The molecule has 1 heterocycles. The minimum atomic E-state index is -0.239. The van der Waals surface area contributed by atoms with Crippen molar-refractivity contribution in [2.75, 3.05) is 0 Å². The maximum Gasteiger partial charge on any atom is 0.159 e. The molecule has 2 N–H and O–H groups in total. The second-order valence-corrected chi connectivity index (χ2v) is 6.02. The Balaban J connectivity index is 1.95. The van der Waals surface area contributed by atoms with E-state index in [1.54, 1.807) is 12.1 Å². The molecule has 1 unspecified atom stereocenters. The highest BCUT2D eigenvalue weighted by Crippen LogP contribution is 2.36. The van der Waals surface area contributed by atoms with Gasteiger partial charge in [-0.3, -0.25) is 4.99 Å². The van der Waals surface area contributed by atoms with Crippen LogP contribution in [0.2, 0.25) is 0 Å². The van der Waals surface area contributed by atoms with Gasteiger partial charge in [0.15, 0.2) is 5.17 Å². The van der Waals surface area contributed by atoms with Crippen LogP contribution in [0, 0.1) is 12.7 Å². The zero-order chi connectivity index (χ0) is 14.8. The number of rotatable bonds is 2. The summed E-state index contributed by atoms with van der Waals surface area (Å²) in [6.45, 7) is 2.05. The SMILES string of the molecule is Cc1ccc(C2C=C(c3ccc(F)cc3)SC(N)=N2)cc1. The average Bonchev–Trinajstić information content (AvgIpc) is 2.48. The van der Waals surface area contributed by atoms with Crippen molar-refractivity contribution in [3.8, 4) is 0 Å². The van der Waals surface area contributed by atoms with Crippen molar-refractivity contribution in [1.29, 1.82) is 0 Å². The minimum Gasteiger partial charge on any atom is -0.378 e. The van der Waals surface area contributed by atoms with Gasteiger partial charge in [0.2, 0.25) is 0 Å². The number of thioether (sulfide) groups is 1. The molecule has 3 rings (SSSR count). The second kappa shape index (κ2) is 5.74. The van der Waals surface area contributed by atoms with E-state index in [0.29, 0.717) is 5.17 Å². The smallest absolute Gasteiger partial charge is 0.159 e. The van der Waals surface area contributed by atoms with Crippen LogP contribution in [0.15, 0.2) is 59.6 Å². The fraction of sp³-hybridized carbons (Fsp3) is 0.118. The molecule has 0 bridgehead atoms. The zero-order valence-electron chi connectivity index (χ0n) is 11.6. The van der Waals surface area contributed by atoms with Crippen molar-refractivity contribution in [3.63, 3.8) is 0 Å². The predicted octanol–water partition coefficient (Wildman–Crippen LogP) is 4.28. The molecule has 0 aliphatic carbocycles. The van der Waals surface area contributed by atoms with Crippen LogP contribution < -0.4 is 5.73 Å². The quantitative estimate of drug-likeness (QED) is 0.898. The normalized spacial score (nSPS) is 18.1. The van der Waals surface area contributed by atoms with Crippen LogP contribution in [0.5, 0.6) is 0 Å². The van der Waals surface area contributed by atoms with E-state index in [2.05, 4.69) is 42.3 Å². The molecule has 0 amide bonds. The molecule has 4 heteroatoms. The molecule has 0 radical (unpaired) electrons. The van der Waals surface area contributed by atoms with Gasteiger partial charge >= 0.3 is 0 Å². The summed E-state index contributed by atoms with van der Waals surface area (Å²) in [5, 5.41) is 0.530. The maximum absolute atomic E-state index is 13.0. The highest BCUT2D eigenvalue weighted by Gasteiger charge is 2.17. The standard InChI is InChI=1S/C17H15FN2S/c1-11-2-4-12(5-3-11)15-10-16(21-17(19)20-15)13-6-8-14(18)9-7-13/h2-10,15H,1H3,(H2,19,20). The summed E-state index contributed by atoms with van der Waals surface area (Å²) >= 11 is 1.41. The second-order valence-electron chi connectivity index (χ2n) is 4.96. The van der Waals surface area contributed by atoms with Crippen LogP contribution >= 0.6 is 11.8 Å². The summed E-state index contributed by atoms with van der Waals surface area (Å²) in [5.41, 5.74) is 9.22. The summed E-state index contributed by atoms with van der Waals surface area (Å²) in [6.07, 6.45) is 2.07. The molecule has 2 aromatic carbocycles. The molecule has 0 saturated carbocycles. The molecule has 1 aliphatic rings. The molecule has 0 aromatic heterocycles. The molecular formula is C17H15FN2S. The molecular weight excluding hydrogens is 283 g/mol. The third kappa shape index (κ3) is 3.16. The van der Waals surface area contributed by atoms with Crippen LogP contribution in [0.3, 0.4) is 0 Å². The summed E-state index contributed by atoms with van der Waals surface area (Å²) in [5.74, 6) is -0.239. The van der Waals surface area contributed by atoms with E-state index in [0.717, 1.165) is 16.0 Å². The fourth-order valence-electron chi connectivity index (χ4n) is 2.19. The largest absolute Gasteiger partial charge is 0.378 e. The van der Waals surface area contributed by atoms with Crippen LogP contribution in [0.4, 0.5) is 4.39 Å². The van der Waals surface area contributed by atoms with Gasteiger partial charge in [0.1, 0.15) is 5.82 Å². The number of hydrogen-bond acceptors (Lipinski definition) is 3. The molecule has 0 spiro atoms. The van der Waals surface area contributed by atoms with Gasteiger partial charge in [0.05, 0.1) is 6.04 Å². The van der Waals surface area contributed by atoms with Gasteiger partial charge < -0.3 is 5.73 Å². The highest BCUT2D eigenvalue weighted by atomic mass is 32.2. The van der Waals surface area contributed by atoms with E-state index in [9.17, 15) is 4.39 Å². The number of hydrogen-bond donors (Lipinski definition) is 1. The first-order chi connectivity index (χ1) is 10.1. The number of benzene rings is 2. The molecule has 1 atom stereocenters. The average molecular weight is 298 g/mol. The van der Waals surface area contributed by atoms with E-state index in [1.807, 2.05) is 0 Å². The van der Waals surface area contributed by atoms with E-state index < -0.39 is 0 Å². The summed E-state index contributed by atoms with van der Waals surface area (Å²) in [4.78, 5) is 5.49. The molecule has 106 valence electrons. The van der Waals surface area contributed by atoms with Gasteiger partial charge in [-0.2, -0.15) is 0 Å². The van der Waals surface area contributed by atoms with Gasteiger partial charge in [0, 0.05) is 4.91 Å². The Morgan fingerprint density at radius 2 is 1.71 bits per heavy atom. The van der Waals surface area contributed by atoms with Gasteiger partial charge in [-0.05, 0) is 36.3 Å². The van der Waals surface area contributed by atoms with Crippen LogP contribution in [0.1, 0.15) is 22.7 Å². The Morgan fingerprint density at radius 3 is 2.38 bits per heavy atom. The molecule has 0 saturated heterocycles. The summed E-state index contributed by atoms with van der Waals surface area (Å²) < 4.78 is 13.0. The fourth-order valence-corrected chi connectivity index (χ4v) is 3.04. The van der Waals surface area contributed by atoms with Crippen molar-refractivity contribution in [2.24, 2.45) is 10.7 Å². The van der Waals surface area contributed by atoms with E-state index in [1.165, 1.54) is 29.5 Å². The Bertz CT molecular complexity index is 703. The Kier molecular flexibility index (Phi) is 3.80. The van der Waals surface area contributed by atoms with Crippen molar-refractivity contribution in [1.82, 2.24) is 0 Å². The van der Waals surface area contributed by atoms with Gasteiger partial charge in [-0.25, -0.2) is 4.39 Å². The van der Waals surface area contributed by atoms with Gasteiger partial charge in [-0.1, -0.05) is 53.7 Å². The lowest BCUT2D eigenvalue weighted by Crippen LogP contribution is -2.12. The van der Waals surface area contributed by atoms with E-state index >= 15 is 0 Å². The first-order valence-corrected chi connectivity index (χ1v) is 7.49. The predicted molar refractivity (Wildman–Crippen MR) is 87.5 cm³/mol. The minimum absolute atomic E-state index is 0.0908. The lowest BCUT2D eigenvalue weighted by Gasteiger charge is -2.18. The van der Waals surface area contributed by atoms with Crippen molar-refractivity contribution < 1.29 is 4.39 Å². The molecule has 2 aromatic rings. The summed E-state index contributed by atoms with van der Waals surface area (Å²) in [6, 6.07) is 14.6. The molecule has 1 aliphatic heterocycles. The zero-order valence-corrected chi connectivity index (χ0v) is 12.4. The van der Waals surface area contributed by atoms with Crippen LogP contribution in [-0.2, 0) is 0 Å². The van der Waals surface area contributed by atoms with E-state index in [-0.39, 0.29) is 11.9 Å². The Hall–Kier alpha value is -2.07. The lowest BCUT2D eigenvalue weighted by atomic mass is 10.0. The van der Waals surface area contributed by atoms with E-state index in [4.69, 9.17) is 5.73 Å². The highest BCUT2D eigenvalue weighted by molar-refractivity contribution is 8.21. The first kappa shape index (κ1) is 13.9. The van der Waals surface area contributed by atoms with Crippen LogP contribution in [-0.4, -0.2) is 5.17 Å². The molecule has 2 nitrogen and oxygen atoms in total. The van der Waals surface area contributed by atoms with Gasteiger partial charge in [-0.15, -0.1) is 0 Å². The Labute approximate surface area is 127 Å². The number of nitrogens with zero attached hydrogens (tertiary/aromatic N) is 1. The Morgan fingerprint density at radius 1 is 1.05 bits per heavy atom. The number of halogens is 1. The lowest BCUT2D eigenvalue weighted by molar-refractivity contribution is 0.627. The number of nitrogens with two attached hydrogens (primary N) is 1. The van der Waals surface area contributed by atoms with Gasteiger partial charge in [0.25, 0.3) is 0 Å². The topological polar surface area (TPSA) is 38.4 Å². The number of aliphatic imine (C=N–C) groups is 1. The van der Waals surface area contributed by atoms with Crippen molar-refractivity contribution in [3.05, 3.63) is 77.1 Å².